The van der Waals surface area contributed by atoms with E-state index in [2.05, 4.69) is 5.32 Å². The Hall–Kier alpha value is -1.25. The number of benzene rings is 1. The number of hydrogen-bond acceptors (Lipinski definition) is 5. The first-order valence-electron chi connectivity index (χ1n) is 7.95. The second kappa shape index (κ2) is 8.91. The molecule has 0 bridgehead atoms. The zero-order valence-electron chi connectivity index (χ0n) is 13.9. The van der Waals surface area contributed by atoms with Gasteiger partial charge in [0.2, 0.25) is 11.8 Å². The zero-order valence-corrected chi connectivity index (χ0v) is 16.3. The molecule has 0 aromatic heterocycles. The summed E-state index contributed by atoms with van der Waals surface area (Å²) in [5.74, 6) is -0.164. The topological polar surface area (TPSA) is 83.6 Å². The number of amides is 2. The Morgan fingerprint density at radius 3 is 2.56 bits per heavy atom. The fourth-order valence-corrected chi connectivity index (χ4v) is 5.10. The summed E-state index contributed by atoms with van der Waals surface area (Å²) in [4.78, 5) is 26.8. The lowest BCUT2D eigenvalue weighted by Crippen LogP contribution is -2.45. The first-order valence-corrected chi connectivity index (χ1v) is 11.1. The number of carbonyl (C=O) groups is 2. The molecule has 2 amide bonds. The van der Waals surface area contributed by atoms with E-state index < -0.39 is 9.84 Å². The molecule has 1 N–H and O–H groups in total. The second-order valence-corrected chi connectivity index (χ2v) is 9.53. The van der Waals surface area contributed by atoms with E-state index in [4.69, 9.17) is 11.6 Å². The average molecular weight is 405 g/mol. The second-order valence-electron chi connectivity index (χ2n) is 5.82. The molecule has 1 heterocycles. The monoisotopic (exact) mass is 404 g/mol. The molecular weight excluding hydrogens is 384 g/mol. The Morgan fingerprint density at radius 2 is 2.00 bits per heavy atom. The lowest BCUT2D eigenvalue weighted by atomic mass is 10.2. The number of sulfone groups is 1. The minimum Gasteiger partial charge on any atom is -0.351 e. The molecule has 1 aromatic carbocycles. The maximum absolute atomic E-state index is 12.3. The first kappa shape index (κ1) is 20.1. The van der Waals surface area contributed by atoms with Crippen LogP contribution in [0.1, 0.15) is 13.3 Å². The molecule has 1 saturated heterocycles. The predicted octanol–water partition coefficient (Wildman–Crippen LogP) is 1.58. The quantitative estimate of drug-likeness (QED) is 0.697. The van der Waals surface area contributed by atoms with Crippen molar-refractivity contribution < 1.29 is 18.0 Å². The standard InChI is InChI=1S/C16H21ClN2O4S2/c1-2-19(9-15(20)18-13-7-8-25(22,23)11-13)16(21)10-24-14-5-3-12(17)4-6-14/h3-6,13H,2,7-11H2,1H3,(H,18,20)/t13-/m1/s1. The number of thioether (sulfide) groups is 1. The van der Waals surface area contributed by atoms with E-state index >= 15 is 0 Å². The Balaban J connectivity index is 1.80. The maximum Gasteiger partial charge on any atom is 0.239 e. The van der Waals surface area contributed by atoms with Gasteiger partial charge in [-0.3, -0.25) is 9.59 Å². The van der Waals surface area contributed by atoms with Crippen LogP contribution in [0.25, 0.3) is 0 Å². The van der Waals surface area contributed by atoms with Crippen LogP contribution in [0, 0.1) is 0 Å². The van der Waals surface area contributed by atoms with E-state index in [1.807, 2.05) is 12.1 Å². The molecule has 1 atom stereocenters. The van der Waals surface area contributed by atoms with E-state index in [1.165, 1.54) is 16.7 Å². The minimum absolute atomic E-state index is 0.0226. The largest absolute Gasteiger partial charge is 0.351 e. The van der Waals surface area contributed by atoms with Gasteiger partial charge in [-0.25, -0.2) is 8.42 Å². The van der Waals surface area contributed by atoms with Gasteiger partial charge in [-0.05, 0) is 37.6 Å². The normalized spacial score (nSPS) is 18.7. The Labute approximate surface area is 157 Å². The minimum atomic E-state index is -3.04. The van der Waals surface area contributed by atoms with E-state index in [-0.39, 0.29) is 41.7 Å². The van der Waals surface area contributed by atoms with Gasteiger partial charge in [-0.15, -0.1) is 11.8 Å². The van der Waals surface area contributed by atoms with Crippen molar-refractivity contribution in [3.05, 3.63) is 29.3 Å². The van der Waals surface area contributed by atoms with Crippen molar-refractivity contribution in [2.45, 2.75) is 24.3 Å². The lowest BCUT2D eigenvalue weighted by molar-refractivity contribution is -0.134. The van der Waals surface area contributed by atoms with Gasteiger partial charge in [0.25, 0.3) is 0 Å². The number of nitrogens with one attached hydrogen (secondary N) is 1. The molecule has 0 aliphatic carbocycles. The predicted molar refractivity (Wildman–Crippen MR) is 99.6 cm³/mol. The van der Waals surface area contributed by atoms with Crippen LogP contribution in [-0.2, 0) is 19.4 Å². The summed E-state index contributed by atoms with van der Waals surface area (Å²) in [5, 5.41) is 3.34. The molecule has 1 aromatic rings. The van der Waals surface area contributed by atoms with Crippen molar-refractivity contribution in [2.75, 3.05) is 30.3 Å². The van der Waals surface area contributed by atoms with Crippen LogP contribution in [0.4, 0.5) is 0 Å². The number of likely N-dealkylation sites (N-methyl/N-ethyl adjacent to an activating group) is 1. The summed E-state index contributed by atoms with van der Waals surface area (Å²) < 4.78 is 22.8. The molecule has 1 aliphatic heterocycles. The highest BCUT2D eigenvalue weighted by Gasteiger charge is 2.29. The van der Waals surface area contributed by atoms with Crippen molar-refractivity contribution in [1.82, 2.24) is 10.2 Å². The third kappa shape index (κ3) is 6.52. The van der Waals surface area contributed by atoms with E-state index in [9.17, 15) is 18.0 Å². The van der Waals surface area contributed by atoms with Crippen molar-refractivity contribution in [1.29, 1.82) is 0 Å². The summed E-state index contributed by atoms with van der Waals surface area (Å²) in [6, 6.07) is 6.84. The highest BCUT2D eigenvalue weighted by molar-refractivity contribution is 8.00. The molecule has 6 nitrogen and oxygen atoms in total. The van der Waals surface area contributed by atoms with Gasteiger partial charge in [0, 0.05) is 22.5 Å². The molecule has 1 aliphatic rings. The highest BCUT2D eigenvalue weighted by Crippen LogP contribution is 2.20. The third-order valence-electron chi connectivity index (χ3n) is 3.84. The highest BCUT2D eigenvalue weighted by atomic mass is 35.5. The Bertz CT molecular complexity index is 722. The van der Waals surface area contributed by atoms with Crippen molar-refractivity contribution in [2.24, 2.45) is 0 Å². The van der Waals surface area contributed by atoms with Crippen molar-refractivity contribution in [3.8, 4) is 0 Å². The summed E-state index contributed by atoms with van der Waals surface area (Å²) in [6.45, 7) is 2.15. The zero-order chi connectivity index (χ0) is 18.4. The van der Waals surface area contributed by atoms with Crippen LogP contribution in [0.15, 0.2) is 29.2 Å². The molecule has 0 radical (unpaired) electrons. The Morgan fingerprint density at radius 1 is 1.32 bits per heavy atom. The van der Waals surface area contributed by atoms with Crippen LogP contribution >= 0.6 is 23.4 Å². The summed E-state index contributed by atoms with van der Waals surface area (Å²) >= 11 is 7.21. The number of halogens is 1. The summed E-state index contributed by atoms with van der Waals surface area (Å²) in [6.07, 6.45) is 0.431. The van der Waals surface area contributed by atoms with Crippen LogP contribution in [0.2, 0.25) is 5.02 Å². The van der Waals surface area contributed by atoms with Gasteiger partial charge in [0.1, 0.15) is 0 Å². The number of nitrogens with zero attached hydrogens (tertiary/aromatic N) is 1. The first-order chi connectivity index (χ1) is 11.8. The van der Waals surface area contributed by atoms with Crippen LogP contribution in [0.5, 0.6) is 0 Å². The van der Waals surface area contributed by atoms with E-state index in [0.717, 1.165) is 4.90 Å². The van der Waals surface area contributed by atoms with Gasteiger partial charge in [-0.1, -0.05) is 11.6 Å². The van der Waals surface area contributed by atoms with Crippen molar-refractivity contribution in [3.63, 3.8) is 0 Å². The van der Waals surface area contributed by atoms with Crippen molar-refractivity contribution >= 4 is 45.0 Å². The van der Waals surface area contributed by atoms with Gasteiger partial charge in [0.15, 0.2) is 9.84 Å². The molecule has 1 fully saturated rings. The fourth-order valence-electron chi connectivity index (χ4n) is 2.50. The van der Waals surface area contributed by atoms with Gasteiger partial charge in [0.05, 0.1) is 23.8 Å². The maximum atomic E-state index is 12.3. The average Bonchev–Trinajstić information content (AvgIpc) is 2.90. The fraction of sp³-hybridized carbons (Fsp3) is 0.500. The number of carbonyl (C=O) groups excluding carboxylic acids is 2. The number of hydrogen-bond donors (Lipinski definition) is 1. The van der Waals surface area contributed by atoms with Crippen LogP contribution in [-0.4, -0.2) is 61.5 Å². The molecule has 0 spiro atoms. The van der Waals surface area contributed by atoms with Crippen LogP contribution < -0.4 is 5.32 Å². The van der Waals surface area contributed by atoms with Gasteiger partial charge >= 0.3 is 0 Å². The lowest BCUT2D eigenvalue weighted by Gasteiger charge is -2.21. The van der Waals surface area contributed by atoms with E-state index in [0.29, 0.717) is 18.0 Å². The molecule has 2 rings (SSSR count). The summed E-state index contributed by atoms with van der Waals surface area (Å²) in [7, 11) is -3.04. The molecule has 0 saturated carbocycles. The molecule has 0 unspecified atom stereocenters. The van der Waals surface area contributed by atoms with E-state index in [1.54, 1.807) is 19.1 Å². The molecule has 9 heteroatoms. The molecule has 25 heavy (non-hydrogen) atoms. The SMILES string of the molecule is CCN(CC(=O)N[C@@H]1CCS(=O)(=O)C1)C(=O)CSc1ccc(Cl)cc1. The van der Waals surface area contributed by atoms with Gasteiger partial charge in [-0.2, -0.15) is 0 Å². The Kier molecular flexibility index (Phi) is 7.15. The molecular formula is C16H21ClN2O4S2. The van der Waals surface area contributed by atoms with Gasteiger partial charge < -0.3 is 10.2 Å². The smallest absolute Gasteiger partial charge is 0.239 e. The molecule has 138 valence electrons. The summed E-state index contributed by atoms with van der Waals surface area (Å²) in [5.41, 5.74) is 0. The number of rotatable bonds is 7. The van der Waals surface area contributed by atoms with Crippen LogP contribution in [0.3, 0.4) is 0 Å². The third-order valence-corrected chi connectivity index (χ3v) is 6.86.